The quantitative estimate of drug-likeness (QED) is 0.898. The summed E-state index contributed by atoms with van der Waals surface area (Å²) in [5, 5.41) is 6.06. The van der Waals surface area contributed by atoms with Gasteiger partial charge in [-0.15, -0.1) is 0 Å². The second-order valence-corrected chi connectivity index (χ2v) is 6.69. The van der Waals surface area contributed by atoms with Crippen LogP contribution in [0.4, 0.5) is 5.69 Å². The molecule has 2 fully saturated rings. The number of rotatable bonds is 4. The average molecular weight is 300 g/mol. The summed E-state index contributed by atoms with van der Waals surface area (Å²) in [6.07, 6.45) is 5.51. The predicted octanol–water partition coefficient (Wildman–Crippen LogP) is 3.02. The molecule has 0 unspecified atom stereocenters. The third kappa shape index (κ3) is 3.87. The third-order valence-corrected chi connectivity index (χ3v) is 4.71. The van der Waals surface area contributed by atoms with Crippen LogP contribution >= 0.6 is 0 Å². The standard InChI is InChI=1S/C18H24N2O2/c1-12-2-8-15(9-3-12)19-17(21)13-4-6-14(7-5-13)18(22)20-16-10-11-16/h2-3,8-9,13-14,16H,4-7,10-11H2,1H3,(H,19,21)(H,20,22). The number of amides is 2. The molecule has 1 aromatic carbocycles. The van der Waals surface area contributed by atoms with Gasteiger partial charge < -0.3 is 10.6 Å². The fourth-order valence-corrected chi connectivity index (χ4v) is 3.05. The van der Waals surface area contributed by atoms with E-state index in [1.807, 2.05) is 31.2 Å². The maximum Gasteiger partial charge on any atom is 0.227 e. The molecule has 2 amide bonds. The van der Waals surface area contributed by atoms with Gasteiger partial charge >= 0.3 is 0 Å². The van der Waals surface area contributed by atoms with Gasteiger partial charge in [-0.05, 0) is 57.6 Å². The summed E-state index contributed by atoms with van der Waals surface area (Å²) in [5.74, 6) is 0.417. The van der Waals surface area contributed by atoms with Crippen molar-refractivity contribution in [1.29, 1.82) is 0 Å². The Morgan fingerprint density at radius 3 is 1.95 bits per heavy atom. The van der Waals surface area contributed by atoms with E-state index in [1.165, 1.54) is 5.56 Å². The Hall–Kier alpha value is -1.84. The normalized spacial score (nSPS) is 24.6. The molecule has 0 heterocycles. The molecule has 0 radical (unpaired) electrons. The van der Waals surface area contributed by atoms with Crippen LogP contribution in [0.1, 0.15) is 44.1 Å². The SMILES string of the molecule is Cc1ccc(NC(=O)C2CCC(C(=O)NC3CC3)CC2)cc1. The van der Waals surface area contributed by atoms with Crippen LogP contribution in [-0.4, -0.2) is 17.9 Å². The molecule has 3 rings (SSSR count). The molecule has 4 heteroatoms. The van der Waals surface area contributed by atoms with Crippen molar-refractivity contribution in [3.05, 3.63) is 29.8 Å². The van der Waals surface area contributed by atoms with Gasteiger partial charge in [0.2, 0.25) is 11.8 Å². The van der Waals surface area contributed by atoms with Gasteiger partial charge in [-0.1, -0.05) is 17.7 Å². The van der Waals surface area contributed by atoms with Crippen molar-refractivity contribution in [3.63, 3.8) is 0 Å². The summed E-state index contributed by atoms with van der Waals surface area (Å²) in [4.78, 5) is 24.3. The molecule has 2 saturated carbocycles. The molecule has 4 nitrogen and oxygen atoms in total. The van der Waals surface area contributed by atoms with Crippen LogP contribution in [0.25, 0.3) is 0 Å². The van der Waals surface area contributed by atoms with Gasteiger partial charge in [0.1, 0.15) is 0 Å². The highest BCUT2D eigenvalue weighted by Crippen LogP contribution is 2.31. The lowest BCUT2D eigenvalue weighted by Gasteiger charge is -2.27. The van der Waals surface area contributed by atoms with Gasteiger partial charge in [-0.2, -0.15) is 0 Å². The number of carbonyl (C=O) groups excluding carboxylic acids is 2. The van der Waals surface area contributed by atoms with Gasteiger partial charge in [0.05, 0.1) is 0 Å². The lowest BCUT2D eigenvalue weighted by atomic mass is 9.81. The molecule has 118 valence electrons. The molecule has 2 aliphatic carbocycles. The second kappa shape index (κ2) is 6.51. The first-order chi connectivity index (χ1) is 10.6. The van der Waals surface area contributed by atoms with Crippen LogP contribution in [-0.2, 0) is 9.59 Å². The zero-order valence-electron chi connectivity index (χ0n) is 13.1. The molecular formula is C18H24N2O2. The maximum atomic E-state index is 12.3. The first-order valence-electron chi connectivity index (χ1n) is 8.30. The lowest BCUT2D eigenvalue weighted by molar-refractivity contribution is -0.128. The van der Waals surface area contributed by atoms with E-state index in [-0.39, 0.29) is 23.7 Å². The Morgan fingerprint density at radius 2 is 1.41 bits per heavy atom. The summed E-state index contributed by atoms with van der Waals surface area (Å²) in [5.41, 5.74) is 2.03. The van der Waals surface area contributed by atoms with E-state index in [0.29, 0.717) is 6.04 Å². The molecule has 2 N–H and O–H groups in total. The van der Waals surface area contributed by atoms with Gasteiger partial charge in [0.25, 0.3) is 0 Å². The monoisotopic (exact) mass is 300 g/mol. The van der Waals surface area contributed by atoms with Crippen LogP contribution in [0.2, 0.25) is 0 Å². The topological polar surface area (TPSA) is 58.2 Å². The van der Waals surface area contributed by atoms with Crippen molar-refractivity contribution in [2.24, 2.45) is 11.8 Å². The Labute approximate surface area is 131 Å². The van der Waals surface area contributed by atoms with Crippen molar-refractivity contribution >= 4 is 17.5 Å². The second-order valence-electron chi connectivity index (χ2n) is 6.69. The van der Waals surface area contributed by atoms with Crippen LogP contribution in [0.15, 0.2) is 24.3 Å². The van der Waals surface area contributed by atoms with Gasteiger partial charge in [0.15, 0.2) is 0 Å². The zero-order chi connectivity index (χ0) is 15.5. The molecule has 0 saturated heterocycles. The molecule has 0 atom stereocenters. The van der Waals surface area contributed by atoms with Crippen LogP contribution in [0.3, 0.4) is 0 Å². The van der Waals surface area contributed by atoms with E-state index >= 15 is 0 Å². The number of carbonyl (C=O) groups is 2. The number of hydrogen-bond acceptors (Lipinski definition) is 2. The first-order valence-corrected chi connectivity index (χ1v) is 8.30. The van der Waals surface area contributed by atoms with E-state index < -0.39 is 0 Å². The smallest absolute Gasteiger partial charge is 0.227 e. The van der Waals surface area contributed by atoms with Gasteiger partial charge in [-0.3, -0.25) is 9.59 Å². The lowest BCUT2D eigenvalue weighted by Crippen LogP contribution is -2.36. The van der Waals surface area contributed by atoms with Crippen molar-refractivity contribution < 1.29 is 9.59 Å². The summed E-state index contributed by atoms with van der Waals surface area (Å²) in [6.45, 7) is 2.03. The number of benzene rings is 1. The van der Waals surface area contributed by atoms with E-state index in [4.69, 9.17) is 0 Å². The number of nitrogens with one attached hydrogen (secondary N) is 2. The summed E-state index contributed by atoms with van der Waals surface area (Å²) < 4.78 is 0. The number of hydrogen-bond donors (Lipinski definition) is 2. The van der Waals surface area contributed by atoms with Crippen molar-refractivity contribution in [2.75, 3.05) is 5.32 Å². The highest BCUT2D eigenvalue weighted by atomic mass is 16.2. The fraction of sp³-hybridized carbons (Fsp3) is 0.556. The minimum absolute atomic E-state index is 0.0336. The minimum Gasteiger partial charge on any atom is -0.353 e. The highest BCUT2D eigenvalue weighted by molar-refractivity contribution is 5.92. The molecule has 0 aromatic heterocycles. The van der Waals surface area contributed by atoms with Crippen LogP contribution < -0.4 is 10.6 Å². The highest BCUT2D eigenvalue weighted by Gasteiger charge is 2.32. The molecule has 2 aliphatic rings. The van der Waals surface area contributed by atoms with Crippen molar-refractivity contribution in [1.82, 2.24) is 5.32 Å². The molecular weight excluding hydrogens is 276 g/mol. The molecule has 0 bridgehead atoms. The maximum absolute atomic E-state index is 12.3. The Balaban J connectivity index is 1.46. The fourth-order valence-electron chi connectivity index (χ4n) is 3.05. The predicted molar refractivity (Wildman–Crippen MR) is 86.4 cm³/mol. The molecule has 0 spiro atoms. The Bertz CT molecular complexity index is 541. The van der Waals surface area contributed by atoms with Crippen molar-refractivity contribution in [3.8, 4) is 0 Å². The molecule has 0 aliphatic heterocycles. The Kier molecular flexibility index (Phi) is 4.46. The van der Waals surface area contributed by atoms with E-state index in [2.05, 4.69) is 10.6 Å². The summed E-state index contributed by atoms with van der Waals surface area (Å²) in [7, 11) is 0. The van der Waals surface area contributed by atoms with E-state index in [1.54, 1.807) is 0 Å². The summed E-state index contributed by atoms with van der Waals surface area (Å²) in [6, 6.07) is 8.28. The van der Waals surface area contributed by atoms with E-state index in [0.717, 1.165) is 44.2 Å². The van der Waals surface area contributed by atoms with E-state index in [9.17, 15) is 9.59 Å². The molecule has 1 aromatic rings. The van der Waals surface area contributed by atoms with Crippen molar-refractivity contribution in [2.45, 2.75) is 51.5 Å². The average Bonchev–Trinajstić information content (AvgIpc) is 3.33. The van der Waals surface area contributed by atoms with Crippen LogP contribution in [0, 0.1) is 18.8 Å². The van der Waals surface area contributed by atoms with Crippen LogP contribution in [0.5, 0.6) is 0 Å². The largest absolute Gasteiger partial charge is 0.353 e. The number of aryl methyl sites for hydroxylation is 1. The van der Waals surface area contributed by atoms with Gasteiger partial charge in [0, 0.05) is 23.6 Å². The number of anilines is 1. The Morgan fingerprint density at radius 1 is 0.864 bits per heavy atom. The molecule has 22 heavy (non-hydrogen) atoms. The summed E-state index contributed by atoms with van der Waals surface area (Å²) >= 11 is 0. The zero-order valence-corrected chi connectivity index (χ0v) is 13.1. The first kappa shape index (κ1) is 15.1. The van der Waals surface area contributed by atoms with Gasteiger partial charge in [-0.25, -0.2) is 0 Å². The third-order valence-electron chi connectivity index (χ3n) is 4.71. The minimum atomic E-state index is 0.0336.